The number of fused-ring (bicyclic) bond motifs is 1. The number of hydrogen-bond donors (Lipinski definition) is 2. The third-order valence-corrected chi connectivity index (χ3v) is 5.71. The van der Waals surface area contributed by atoms with Crippen LogP contribution in [0.2, 0.25) is 0 Å². The second-order valence-electron chi connectivity index (χ2n) is 8.54. The molecule has 176 valence electrons. The fraction of sp³-hybridized carbons (Fsp3) is 0.320. The maximum Gasteiger partial charge on any atom is 0.305 e. The summed E-state index contributed by atoms with van der Waals surface area (Å²) < 4.78 is 6.98. The summed E-state index contributed by atoms with van der Waals surface area (Å²) in [5, 5.41) is 15.9. The third kappa shape index (κ3) is 4.41. The number of benzene rings is 1. The molecule has 0 radical (unpaired) electrons. The summed E-state index contributed by atoms with van der Waals surface area (Å²) in [5.41, 5.74) is 3.70. The summed E-state index contributed by atoms with van der Waals surface area (Å²) >= 11 is 0. The molecule has 1 aromatic carbocycles. The molecular formula is C25H27N5O4. The van der Waals surface area contributed by atoms with Crippen molar-refractivity contribution in [3.05, 3.63) is 69.8 Å². The molecule has 9 nitrogen and oxygen atoms in total. The Bertz CT molecular complexity index is 1370. The van der Waals surface area contributed by atoms with Crippen molar-refractivity contribution >= 4 is 23.0 Å². The number of pyridine rings is 1. The zero-order valence-corrected chi connectivity index (χ0v) is 19.6. The Morgan fingerprint density at radius 3 is 2.47 bits per heavy atom. The van der Waals surface area contributed by atoms with E-state index >= 15 is 0 Å². The average molecular weight is 462 g/mol. The monoisotopic (exact) mass is 461 g/mol. The van der Waals surface area contributed by atoms with Crippen molar-refractivity contribution < 1.29 is 14.4 Å². The topological polar surface area (TPSA) is 123 Å². The van der Waals surface area contributed by atoms with Gasteiger partial charge in [0.15, 0.2) is 11.5 Å². The minimum Gasteiger partial charge on any atom is -0.481 e. The van der Waals surface area contributed by atoms with Crippen LogP contribution in [0.1, 0.15) is 43.3 Å². The molecule has 34 heavy (non-hydrogen) atoms. The fourth-order valence-electron chi connectivity index (χ4n) is 4.22. The molecule has 0 saturated carbocycles. The van der Waals surface area contributed by atoms with Gasteiger partial charge >= 0.3 is 5.97 Å². The quantitative estimate of drug-likeness (QED) is 0.400. The number of carbonyl (C=O) groups is 1. The Morgan fingerprint density at radius 1 is 1.12 bits per heavy atom. The van der Waals surface area contributed by atoms with E-state index < -0.39 is 5.97 Å². The lowest BCUT2D eigenvalue weighted by atomic mass is 9.95. The van der Waals surface area contributed by atoms with Gasteiger partial charge in [-0.25, -0.2) is 9.97 Å². The van der Waals surface area contributed by atoms with Gasteiger partial charge in [-0.3, -0.25) is 14.2 Å². The van der Waals surface area contributed by atoms with Crippen molar-refractivity contribution in [2.45, 2.75) is 40.2 Å². The molecule has 0 spiro atoms. The van der Waals surface area contributed by atoms with Crippen LogP contribution in [0.3, 0.4) is 0 Å². The summed E-state index contributed by atoms with van der Waals surface area (Å²) in [5.74, 6) is -0.158. The minimum absolute atomic E-state index is 0.0575. The van der Waals surface area contributed by atoms with Crippen LogP contribution in [0.5, 0.6) is 0 Å². The molecule has 9 heteroatoms. The van der Waals surface area contributed by atoms with E-state index in [9.17, 15) is 9.59 Å². The molecule has 4 aromatic rings. The van der Waals surface area contributed by atoms with Gasteiger partial charge in [-0.1, -0.05) is 49.3 Å². The molecule has 1 atom stereocenters. The van der Waals surface area contributed by atoms with Crippen LogP contribution in [0, 0.1) is 19.8 Å². The van der Waals surface area contributed by atoms with Gasteiger partial charge in [-0.2, -0.15) is 0 Å². The van der Waals surface area contributed by atoms with E-state index in [-0.39, 0.29) is 36.3 Å². The highest BCUT2D eigenvalue weighted by atomic mass is 16.5. The van der Waals surface area contributed by atoms with Crippen LogP contribution >= 0.6 is 0 Å². The summed E-state index contributed by atoms with van der Waals surface area (Å²) in [6, 6.07) is 13.1. The van der Waals surface area contributed by atoms with Gasteiger partial charge < -0.3 is 14.9 Å². The van der Waals surface area contributed by atoms with Crippen LogP contribution in [0.25, 0.3) is 22.4 Å². The number of rotatable bonds is 8. The van der Waals surface area contributed by atoms with Crippen molar-refractivity contribution in [3.63, 3.8) is 0 Å². The highest BCUT2D eigenvalue weighted by Gasteiger charge is 2.25. The molecule has 4 rings (SSSR count). The predicted molar refractivity (Wildman–Crippen MR) is 129 cm³/mol. The molecule has 0 saturated heterocycles. The van der Waals surface area contributed by atoms with Gasteiger partial charge in [0.25, 0.3) is 5.56 Å². The van der Waals surface area contributed by atoms with Crippen LogP contribution in [0.4, 0.5) is 5.82 Å². The minimum atomic E-state index is -0.955. The summed E-state index contributed by atoms with van der Waals surface area (Å²) in [7, 11) is 0. The van der Waals surface area contributed by atoms with Crippen LogP contribution in [-0.2, 0) is 4.79 Å². The van der Waals surface area contributed by atoms with E-state index in [2.05, 4.69) is 15.5 Å². The first kappa shape index (κ1) is 23.2. The number of carboxylic acids is 1. The van der Waals surface area contributed by atoms with E-state index in [0.717, 1.165) is 11.1 Å². The smallest absolute Gasteiger partial charge is 0.305 e. The van der Waals surface area contributed by atoms with Gasteiger partial charge in [0, 0.05) is 6.54 Å². The molecule has 2 N–H and O–H groups in total. The Labute approximate surface area is 196 Å². The van der Waals surface area contributed by atoms with E-state index in [4.69, 9.17) is 14.6 Å². The first-order valence-electron chi connectivity index (χ1n) is 11.1. The summed E-state index contributed by atoms with van der Waals surface area (Å²) in [4.78, 5) is 34.1. The molecule has 0 unspecified atom stereocenters. The highest BCUT2D eigenvalue weighted by molar-refractivity contribution is 5.78. The van der Waals surface area contributed by atoms with E-state index in [1.54, 1.807) is 4.57 Å². The molecule has 0 aliphatic rings. The van der Waals surface area contributed by atoms with Crippen molar-refractivity contribution in [2.75, 3.05) is 11.9 Å². The Balaban J connectivity index is 1.98. The molecule has 0 aliphatic carbocycles. The number of aliphatic carboxylic acids is 1. The lowest BCUT2D eigenvalue weighted by Gasteiger charge is -2.26. The first-order valence-corrected chi connectivity index (χ1v) is 11.1. The van der Waals surface area contributed by atoms with Gasteiger partial charge in [-0.05, 0) is 37.5 Å². The Hall–Kier alpha value is -4.01. The molecular weight excluding hydrogens is 434 g/mol. The maximum absolute atomic E-state index is 13.7. The molecule has 0 aliphatic heterocycles. The molecule has 0 amide bonds. The normalized spacial score (nSPS) is 12.3. The predicted octanol–water partition coefficient (Wildman–Crippen LogP) is 4.20. The van der Waals surface area contributed by atoms with E-state index in [1.165, 1.54) is 0 Å². The molecule has 3 aromatic heterocycles. The Morgan fingerprint density at radius 2 is 1.85 bits per heavy atom. The van der Waals surface area contributed by atoms with Crippen LogP contribution < -0.4 is 10.9 Å². The summed E-state index contributed by atoms with van der Waals surface area (Å²) in [6.07, 6.45) is -0.130. The highest BCUT2D eigenvalue weighted by Crippen LogP contribution is 2.31. The Kier molecular flexibility index (Phi) is 6.45. The summed E-state index contributed by atoms with van der Waals surface area (Å²) in [6.45, 7) is 7.85. The first-order chi connectivity index (χ1) is 16.3. The number of aryl methyl sites for hydroxylation is 2. The van der Waals surface area contributed by atoms with E-state index in [1.807, 2.05) is 70.2 Å². The maximum atomic E-state index is 13.7. The van der Waals surface area contributed by atoms with Crippen LogP contribution in [0.15, 0.2) is 51.8 Å². The number of hydrogen-bond acceptors (Lipinski definition) is 7. The SMILES string of the molecule is Cc1noc(C)c1-c1ccc2nc(NCCC(=O)O)c(=O)n([C@H](c3ccccc3)C(C)C)c2n1. The van der Waals surface area contributed by atoms with Crippen molar-refractivity contribution in [1.29, 1.82) is 0 Å². The van der Waals surface area contributed by atoms with Crippen molar-refractivity contribution in [3.8, 4) is 11.3 Å². The zero-order chi connectivity index (χ0) is 24.4. The lowest BCUT2D eigenvalue weighted by Crippen LogP contribution is -2.32. The number of nitrogens with zero attached hydrogens (tertiary/aromatic N) is 4. The third-order valence-electron chi connectivity index (χ3n) is 5.71. The average Bonchev–Trinajstić information content (AvgIpc) is 3.14. The number of aromatic nitrogens is 4. The van der Waals surface area contributed by atoms with Gasteiger partial charge in [0.05, 0.1) is 29.4 Å². The lowest BCUT2D eigenvalue weighted by molar-refractivity contribution is -0.136. The standard InChI is InChI=1S/C25H27N5O4/c1-14(2)22(17-8-6-5-7-9-17)30-24-19(27-23(25(30)33)26-13-12-20(31)32)11-10-18(28-24)21-15(3)29-34-16(21)4/h5-11,14,22H,12-13H2,1-4H3,(H,26,27)(H,31,32)/t22-/m0/s1. The molecule has 3 heterocycles. The second-order valence-corrected chi connectivity index (χ2v) is 8.54. The fourth-order valence-corrected chi connectivity index (χ4v) is 4.22. The van der Waals surface area contributed by atoms with Gasteiger partial charge in [-0.15, -0.1) is 0 Å². The second kappa shape index (κ2) is 9.46. The van der Waals surface area contributed by atoms with Gasteiger partial charge in [0.1, 0.15) is 11.3 Å². The zero-order valence-electron chi connectivity index (χ0n) is 19.6. The van der Waals surface area contributed by atoms with Gasteiger partial charge in [0.2, 0.25) is 0 Å². The number of nitrogens with one attached hydrogen (secondary N) is 1. The van der Waals surface area contributed by atoms with Crippen LogP contribution in [-0.4, -0.2) is 37.3 Å². The molecule has 0 bridgehead atoms. The van der Waals surface area contributed by atoms with Crippen molar-refractivity contribution in [2.24, 2.45) is 5.92 Å². The molecule has 0 fully saturated rings. The number of carboxylic acid groups (broad SMARTS) is 1. The van der Waals surface area contributed by atoms with Crippen molar-refractivity contribution in [1.82, 2.24) is 19.7 Å². The van der Waals surface area contributed by atoms with E-state index in [0.29, 0.717) is 28.3 Å². The largest absolute Gasteiger partial charge is 0.481 e. The number of anilines is 1.